The van der Waals surface area contributed by atoms with Gasteiger partial charge in [-0.1, -0.05) is 0 Å². The number of hydrogen-bond donors (Lipinski definition) is 2. The number of carbonyl (C=O) groups is 1. The maximum absolute atomic E-state index is 15.3. The lowest BCUT2D eigenvalue weighted by Crippen LogP contribution is -2.31. The summed E-state index contributed by atoms with van der Waals surface area (Å²) < 4.78 is 34.0. The summed E-state index contributed by atoms with van der Waals surface area (Å²) in [5, 5.41) is 11.6. The van der Waals surface area contributed by atoms with E-state index in [-0.39, 0.29) is 5.03 Å². The minimum Gasteiger partial charge on any atom is -0.306 e. The number of benzene rings is 1. The lowest BCUT2D eigenvalue weighted by molar-refractivity contribution is 0.257. The summed E-state index contributed by atoms with van der Waals surface area (Å²) in [6, 6.07) is 7.98. The minimum absolute atomic E-state index is 0.284. The number of halogens is 1. The molecule has 0 aliphatic heterocycles. The zero-order valence-electron chi connectivity index (χ0n) is 18.3. The minimum atomic E-state index is -1.83. The van der Waals surface area contributed by atoms with Crippen molar-refractivity contribution in [3.8, 4) is 11.1 Å². The Hall–Kier alpha value is -3.53. The molecular weight excluding hydrogens is 455 g/mol. The lowest BCUT2D eigenvalue weighted by atomic mass is 9.97. The predicted molar refractivity (Wildman–Crippen MR) is 126 cm³/mol. The largest absolute Gasteiger partial charge is 0.331 e. The highest BCUT2D eigenvalue weighted by Gasteiger charge is 2.25. The van der Waals surface area contributed by atoms with Gasteiger partial charge in [0.05, 0.1) is 11.2 Å². The SMILES string of the molecule is O=C(Nc1c2c(cc(F)c1-c1ccn3nccc3c1)CCC2)NS(=O)c1ccn(CC2CC2)n1. The molecule has 3 heterocycles. The summed E-state index contributed by atoms with van der Waals surface area (Å²) >= 11 is 0. The molecule has 174 valence electrons. The predicted octanol–water partition coefficient (Wildman–Crippen LogP) is 4.08. The molecule has 0 bridgehead atoms. The number of amides is 2. The van der Waals surface area contributed by atoms with Gasteiger partial charge in [0, 0.05) is 30.7 Å². The number of aryl methyl sites for hydroxylation is 1. The van der Waals surface area contributed by atoms with Crippen LogP contribution in [0.5, 0.6) is 0 Å². The molecule has 2 aliphatic rings. The van der Waals surface area contributed by atoms with E-state index < -0.39 is 22.8 Å². The summed E-state index contributed by atoms with van der Waals surface area (Å²) in [5.74, 6) is 0.229. The van der Waals surface area contributed by atoms with Crippen molar-refractivity contribution >= 4 is 28.2 Å². The third kappa shape index (κ3) is 3.98. The highest BCUT2D eigenvalue weighted by Crippen LogP contribution is 2.40. The van der Waals surface area contributed by atoms with Gasteiger partial charge >= 0.3 is 6.03 Å². The second-order valence-electron chi connectivity index (χ2n) is 8.86. The van der Waals surface area contributed by atoms with Gasteiger partial charge in [0.2, 0.25) is 0 Å². The van der Waals surface area contributed by atoms with E-state index in [1.165, 1.54) is 12.8 Å². The van der Waals surface area contributed by atoms with E-state index in [1.807, 2.05) is 12.1 Å². The van der Waals surface area contributed by atoms with Crippen LogP contribution in [-0.4, -0.2) is 29.6 Å². The van der Waals surface area contributed by atoms with E-state index >= 15 is 4.39 Å². The number of urea groups is 1. The van der Waals surface area contributed by atoms with Crippen LogP contribution < -0.4 is 10.0 Å². The molecule has 1 aromatic carbocycles. The van der Waals surface area contributed by atoms with Crippen LogP contribution in [0.1, 0.15) is 30.4 Å². The number of hydrogen-bond acceptors (Lipinski definition) is 4. The number of fused-ring (bicyclic) bond motifs is 2. The fraction of sp³-hybridized carbons (Fsp3) is 0.292. The third-order valence-corrected chi connectivity index (χ3v) is 7.38. The molecule has 10 heteroatoms. The Balaban J connectivity index is 1.29. The van der Waals surface area contributed by atoms with Crippen molar-refractivity contribution < 1.29 is 13.4 Å². The lowest BCUT2D eigenvalue weighted by Gasteiger charge is -2.17. The smallest absolute Gasteiger partial charge is 0.306 e. The molecule has 8 nitrogen and oxygen atoms in total. The van der Waals surface area contributed by atoms with Gasteiger partial charge in [-0.3, -0.25) is 9.40 Å². The zero-order chi connectivity index (χ0) is 23.2. The maximum Gasteiger partial charge on any atom is 0.331 e. The topological polar surface area (TPSA) is 93.3 Å². The van der Waals surface area contributed by atoms with E-state index in [9.17, 15) is 9.00 Å². The summed E-state index contributed by atoms with van der Waals surface area (Å²) in [4.78, 5) is 12.9. The maximum atomic E-state index is 15.3. The molecule has 1 saturated carbocycles. The number of aromatic nitrogens is 4. The number of anilines is 1. The van der Waals surface area contributed by atoms with Gasteiger partial charge in [-0.15, -0.1) is 0 Å². The van der Waals surface area contributed by atoms with Crippen LogP contribution in [0.2, 0.25) is 0 Å². The fourth-order valence-corrected chi connectivity index (χ4v) is 5.28. The average Bonchev–Trinajstić information content (AvgIpc) is 3.20. The standard InChI is InChI=1S/C24H23FN6O2S/c25-20-13-16-2-1-3-19(16)23(22(20)17-7-11-31-18(12-17)6-9-26-31)27-24(32)29-34(33)21-8-10-30(28-21)14-15-4-5-15/h6-13,15H,1-5,14H2,(H2,27,29,32). The molecule has 34 heavy (non-hydrogen) atoms. The van der Waals surface area contributed by atoms with Crippen molar-refractivity contribution in [1.82, 2.24) is 24.1 Å². The molecule has 0 saturated heterocycles. The molecule has 2 N–H and O–H groups in total. The summed E-state index contributed by atoms with van der Waals surface area (Å²) in [5.41, 5.74) is 4.00. The number of nitrogens with zero attached hydrogens (tertiary/aromatic N) is 4. The van der Waals surface area contributed by atoms with E-state index in [1.54, 1.807) is 46.0 Å². The van der Waals surface area contributed by atoms with Crippen molar-refractivity contribution in [3.05, 3.63) is 65.9 Å². The van der Waals surface area contributed by atoms with Crippen LogP contribution in [-0.2, 0) is 30.4 Å². The van der Waals surface area contributed by atoms with Gasteiger partial charge in [-0.05, 0) is 85.0 Å². The first-order chi connectivity index (χ1) is 16.5. The normalized spacial score (nSPS) is 15.9. The van der Waals surface area contributed by atoms with Crippen molar-refractivity contribution in [1.29, 1.82) is 0 Å². The van der Waals surface area contributed by atoms with Gasteiger partial charge in [0.1, 0.15) is 5.82 Å². The van der Waals surface area contributed by atoms with Crippen LogP contribution in [0, 0.1) is 11.7 Å². The monoisotopic (exact) mass is 478 g/mol. The Morgan fingerprint density at radius 1 is 1.18 bits per heavy atom. The molecule has 4 aromatic rings. The van der Waals surface area contributed by atoms with Gasteiger partial charge in [0.15, 0.2) is 16.0 Å². The number of pyridine rings is 1. The van der Waals surface area contributed by atoms with Gasteiger partial charge in [-0.2, -0.15) is 10.2 Å². The zero-order valence-corrected chi connectivity index (χ0v) is 19.1. The Bertz CT molecular complexity index is 1440. The quantitative estimate of drug-likeness (QED) is 0.437. The summed E-state index contributed by atoms with van der Waals surface area (Å²) in [7, 11) is -1.83. The van der Waals surface area contributed by atoms with E-state index in [2.05, 4.69) is 20.2 Å². The van der Waals surface area contributed by atoms with Gasteiger partial charge in [-0.25, -0.2) is 17.9 Å². The first-order valence-electron chi connectivity index (χ1n) is 11.4. The first-order valence-corrected chi connectivity index (χ1v) is 12.5. The van der Waals surface area contributed by atoms with E-state index in [0.29, 0.717) is 22.7 Å². The van der Waals surface area contributed by atoms with Gasteiger partial charge in [0.25, 0.3) is 0 Å². The van der Waals surface area contributed by atoms with Crippen molar-refractivity contribution in [2.75, 3.05) is 5.32 Å². The van der Waals surface area contributed by atoms with Crippen molar-refractivity contribution in [3.63, 3.8) is 0 Å². The molecule has 2 aliphatic carbocycles. The molecule has 0 radical (unpaired) electrons. The highest BCUT2D eigenvalue weighted by atomic mass is 32.2. The average molecular weight is 479 g/mol. The Kier molecular flexibility index (Phi) is 5.17. The molecule has 1 fully saturated rings. The Morgan fingerprint density at radius 3 is 2.91 bits per heavy atom. The van der Waals surface area contributed by atoms with Crippen LogP contribution in [0.25, 0.3) is 16.6 Å². The van der Waals surface area contributed by atoms with Crippen LogP contribution in [0.3, 0.4) is 0 Å². The third-order valence-electron chi connectivity index (χ3n) is 6.41. The molecule has 1 atom stereocenters. The number of carbonyl (C=O) groups excluding carboxylic acids is 1. The van der Waals surface area contributed by atoms with Crippen LogP contribution in [0.4, 0.5) is 14.9 Å². The Morgan fingerprint density at radius 2 is 2.06 bits per heavy atom. The summed E-state index contributed by atoms with van der Waals surface area (Å²) in [6.45, 7) is 0.795. The van der Waals surface area contributed by atoms with Crippen LogP contribution >= 0.6 is 0 Å². The molecule has 0 spiro atoms. The Labute approximate surface area is 197 Å². The number of rotatable bonds is 6. The van der Waals surface area contributed by atoms with Crippen molar-refractivity contribution in [2.45, 2.75) is 43.7 Å². The molecule has 6 rings (SSSR count). The first kappa shape index (κ1) is 21.0. The second-order valence-corrected chi connectivity index (χ2v) is 10.0. The fourth-order valence-electron chi connectivity index (χ4n) is 4.59. The highest BCUT2D eigenvalue weighted by molar-refractivity contribution is 7.83. The van der Waals surface area contributed by atoms with Crippen molar-refractivity contribution in [2.24, 2.45) is 5.92 Å². The summed E-state index contributed by atoms with van der Waals surface area (Å²) in [6.07, 6.45) is 9.97. The van der Waals surface area contributed by atoms with Crippen LogP contribution in [0.15, 0.2) is 53.9 Å². The van der Waals surface area contributed by atoms with E-state index in [4.69, 9.17) is 0 Å². The molecule has 3 aromatic heterocycles. The number of nitrogens with one attached hydrogen (secondary N) is 2. The molecule has 1 unspecified atom stereocenters. The molecular formula is C24H23FN6O2S. The molecule has 2 amide bonds. The van der Waals surface area contributed by atoms with E-state index in [0.717, 1.165) is 42.5 Å². The second kappa shape index (κ2) is 8.35. The van der Waals surface area contributed by atoms with Gasteiger partial charge < -0.3 is 5.32 Å².